The van der Waals surface area contributed by atoms with Crippen molar-refractivity contribution in [1.29, 1.82) is 0 Å². The van der Waals surface area contributed by atoms with Crippen LogP contribution in [0.2, 0.25) is 0 Å². The molecule has 6 heteroatoms. The summed E-state index contributed by atoms with van der Waals surface area (Å²) in [6, 6.07) is 0. The zero-order valence-electron chi connectivity index (χ0n) is 11.3. The molecule has 3 N–H and O–H groups in total. The van der Waals surface area contributed by atoms with Crippen molar-refractivity contribution in [2.45, 2.75) is 38.8 Å². The fourth-order valence-corrected chi connectivity index (χ4v) is 2.39. The van der Waals surface area contributed by atoms with E-state index < -0.39 is 18.0 Å². The molecule has 1 rings (SSSR count). The molecule has 1 aliphatic rings. The van der Waals surface area contributed by atoms with Crippen molar-refractivity contribution in [1.82, 2.24) is 5.32 Å². The molecule has 0 amide bonds. The van der Waals surface area contributed by atoms with Crippen molar-refractivity contribution in [3.63, 3.8) is 0 Å². The van der Waals surface area contributed by atoms with Crippen molar-refractivity contribution in [3.8, 4) is 0 Å². The molecule has 0 aromatic rings. The predicted octanol–water partition coefficient (Wildman–Crippen LogP) is 2.84. The highest BCUT2D eigenvalue weighted by Gasteiger charge is 2.45. The van der Waals surface area contributed by atoms with E-state index >= 15 is 0 Å². The summed E-state index contributed by atoms with van der Waals surface area (Å²) >= 11 is 0. The van der Waals surface area contributed by atoms with E-state index in [1.807, 2.05) is 6.92 Å². The van der Waals surface area contributed by atoms with Gasteiger partial charge in [-0.1, -0.05) is 25.0 Å². The summed E-state index contributed by atoms with van der Waals surface area (Å²) in [7, 11) is 0. The zero-order valence-corrected chi connectivity index (χ0v) is 11.3. The summed E-state index contributed by atoms with van der Waals surface area (Å²) in [6.07, 6.45) is -1.80. The van der Waals surface area contributed by atoms with Gasteiger partial charge in [0.2, 0.25) is 0 Å². The van der Waals surface area contributed by atoms with Crippen LogP contribution in [0.4, 0.5) is 13.2 Å². The lowest BCUT2D eigenvalue weighted by Gasteiger charge is -2.33. The van der Waals surface area contributed by atoms with E-state index in [1.165, 1.54) is 0 Å². The third kappa shape index (κ3) is 5.53. The van der Waals surface area contributed by atoms with E-state index in [0.29, 0.717) is 19.4 Å². The standard InChI is InChI=1S/C13H22F3N3/c1-9(2)7-18-12(17)19-8-10-5-3-4-6-11(10)13(14,15)16/h10-11H,1,3-8H2,2H3,(H3,17,18,19)/t10-,11-/m1/s1. The third-order valence-corrected chi connectivity index (χ3v) is 3.39. The van der Waals surface area contributed by atoms with Gasteiger partial charge in [-0.2, -0.15) is 13.2 Å². The Morgan fingerprint density at radius 1 is 1.37 bits per heavy atom. The highest BCUT2D eigenvalue weighted by molar-refractivity contribution is 5.77. The van der Waals surface area contributed by atoms with Crippen LogP contribution in [0.15, 0.2) is 17.1 Å². The molecule has 0 aliphatic heterocycles. The van der Waals surface area contributed by atoms with Gasteiger partial charge in [-0.25, -0.2) is 4.99 Å². The van der Waals surface area contributed by atoms with Crippen LogP contribution in [0.3, 0.4) is 0 Å². The first kappa shape index (κ1) is 15.9. The van der Waals surface area contributed by atoms with Gasteiger partial charge in [-0.3, -0.25) is 0 Å². The van der Waals surface area contributed by atoms with Gasteiger partial charge < -0.3 is 11.1 Å². The number of halogens is 3. The minimum atomic E-state index is -4.11. The fourth-order valence-electron chi connectivity index (χ4n) is 2.39. The van der Waals surface area contributed by atoms with Gasteiger partial charge in [0.1, 0.15) is 0 Å². The van der Waals surface area contributed by atoms with E-state index in [4.69, 9.17) is 5.73 Å². The van der Waals surface area contributed by atoms with E-state index in [1.54, 1.807) is 0 Å². The van der Waals surface area contributed by atoms with E-state index in [2.05, 4.69) is 16.9 Å². The lowest BCUT2D eigenvalue weighted by molar-refractivity contribution is -0.195. The largest absolute Gasteiger partial charge is 0.392 e. The lowest BCUT2D eigenvalue weighted by Crippen LogP contribution is -2.42. The molecular weight excluding hydrogens is 255 g/mol. The second-order valence-electron chi connectivity index (χ2n) is 5.23. The molecule has 1 saturated carbocycles. The summed E-state index contributed by atoms with van der Waals surface area (Å²) in [4.78, 5) is 4.00. The van der Waals surface area contributed by atoms with Crippen LogP contribution in [0.5, 0.6) is 0 Å². The van der Waals surface area contributed by atoms with E-state index in [9.17, 15) is 13.2 Å². The quantitative estimate of drug-likeness (QED) is 0.471. The molecule has 0 saturated heterocycles. The Morgan fingerprint density at radius 3 is 2.58 bits per heavy atom. The maximum absolute atomic E-state index is 12.9. The highest BCUT2D eigenvalue weighted by atomic mass is 19.4. The molecule has 0 spiro atoms. The van der Waals surface area contributed by atoms with Gasteiger partial charge in [0, 0.05) is 6.54 Å². The Kier molecular flexibility index (Phi) is 5.69. The SMILES string of the molecule is C=C(C)CN=C(N)NC[C@H]1CCCC[C@H]1C(F)(F)F. The second kappa shape index (κ2) is 6.82. The summed E-state index contributed by atoms with van der Waals surface area (Å²) in [6.45, 7) is 6.13. The van der Waals surface area contributed by atoms with Gasteiger partial charge in [0.25, 0.3) is 0 Å². The molecule has 19 heavy (non-hydrogen) atoms. The molecule has 0 radical (unpaired) electrons. The van der Waals surface area contributed by atoms with Crippen LogP contribution in [-0.4, -0.2) is 25.2 Å². The van der Waals surface area contributed by atoms with E-state index in [-0.39, 0.29) is 18.9 Å². The molecule has 0 unspecified atom stereocenters. The Hall–Kier alpha value is -1.20. The van der Waals surface area contributed by atoms with Crippen LogP contribution in [0.1, 0.15) is 32.6 Å². The fraction of sp³-hybridized carbons (Fsp3) is 0.769. The number of nitrogens with one attached hydrogen (secondary N) is 1. The van der Waals surface area contributed by atoms with Gasteiger partial charge in [0.05, 0.1) is 12.5 Å². The number of nitrogens with two attached hydrogens (primary N) is 1. The predicted molar refractivity (Wildman–Crippen MR) is 70.8 cm³/mol. The number of nitrogens with zero attached hydrogens (tertiary/aromatic N) is 1. The average molecular weight is 277 g/mol. The number of alkyl halides is 3. The molecule has 3 nitrogen and oxygen atoms in total. The minimum absolute atomic E-state index is 0.189. The van der Waals surface area contributed by atoms with Crippen LogP contribution in [-0.2, 0) is 0 Å². The highest BCUT2D eigenvalue weighted by Crippen LogP contribution is 2.41. The maximum atomic E-state index is 12.9. The Morgan fingerprint density at radius 2 is 2.00 bits per heavy atom. The van der Waals surface area contributed by atoms with Crippen molar-refractivity contribution in [2.75, 3.05) is 13.1 Å². The number of aliphatic imine (C=N–C) groups is 1. The first-order valence-corrected chi connectivity index (χ1v) is 6.55. The first-order chi connectivity index (χ1) is 8.80. The molecule has 0 bridgehead atoms. The maximum Gasteiger partial charge on any atom is 0.392 e. The smallest absolute Gasteiger partial charge is 0.370 e. The summed E-state index contributed by atoms with van der Waals surface area (Å²) in [5, 5.41) is 2.80. The van der Waals surface area contributed by atoms with Crippen LogP contribution in [0.25, 0.3) is 0 Å². The molecule has 1 aliphatic carbocycles. The average Bonchev–Trinajstić information content (AvgIpc) is 2.33. The second-order valence-corrected chi connectivity index (χ2v) is 5.23. The number of rotatable bonds is 4. The number of hydrogen-bond acceptors (Lipinski definition) is 1. The lowest BCUT2D eigenvalue weighted by atomic mass is 9.79. The number of guanidine groups is 1. The molecular formula is C13H22F3N3. The van der Waals surface area contributed by atoms with Gasteiger partial charge >= 0.3 is 6.18 Å². The van der Waals surface area contributed by atoms with Crippen molar-refractivity contribution in [2.24, 2.45) is 22.6 Å². The Balaban J connectivity index is 2.49. The van der Waals surface area contributed by atoms with Crippen molar-refractivity contribution in [3.05, 3.63) is 12.2 Å². The van der Waals surface area contributed by atoms with E-state index in [0.717, 1.165) is 12.0 Å². The van der Waals surface area contributed by atoms with Crippen LogP contribution in [0, 0.1) is 11.8 Å². The Bertz CT molecular complexity index is 337. The summed E-state index contributed by atoms with van der Waals surface area (Å²) in [5.41, 5.74) is 6.47. The number of hydrogen-bond donors (Lipinski definition) is 2. The summed E-state index contributed by atoms with van der Waals surface area (Å²) in [5.74, 6) is -1.44. The van der Waals surface area contributed by atoms with Crippen molar-refractivity contribution < 1.29 is 13.2 Å². The normalized spacial score (nSPS) is 25.2. The molecule has 110 valence electrons. The molecule has 1 fully saturated rings. The minimum Gasteiger partial charge on any atom is -0.370 e. The molecule has 2 atom stereocenters. The molecule has 0 aromatic heterocycles. The third-order valence-electron chi connectivity index (χ3n) is 3.39. The summed E-state index contributed by atoms with van der Waals surface area (Å²) < 4.78 is 38.6. The Labute approximate surface area is 112 Å². The van der Waals surface area contributed by atoms with Crippen LogP contribution >= 0.6 is 0 Å². The first-order valence-electron chi connectivity index (χ1n) is 6.55. The monoisotopic (exact) mass is 277 g/mol. The van der Waals surface area contributed by atoms with Gasteiger partial charge in [-0.05, 0) is 25.7 Å². The van der Waals surface area contributed by atoms with Crippen LogP contribution < -0.4 is 11.1 Å². The van der Waals surface area contributed by atoms with Gasteiger partial charge in [-0.15, -0.1) is 0 Å². The zero-order chi connectivity index (χ0) is 14.5. The molecule has 0 aromatic carbocycles. The van der Waals surface area contributed by atoms with Gasteiger partial charge in [0.15, 0.2) is 5.96 Å². The van der Waals surface area contributed by atoms with Crippen molar-refractivity contribution >= 4 is 5.96 Å². The topological polar surface area (TPSA) is 50.4 Å². The molecule has 0 heterocycles.